The van der Waals surface area contributed by atoms with E-state index in [0.717, 1.165) is 6.20 Å². The van der Waals surface area contributed by atoms with E-state index in [0.29, 0.717) is 12.1 Å². The van der Waals surface area contributed by atoms with Crippen molar-refractivity contribution >= 4 is 23.1 Å². The van der Waals surface area contributed by atoms with Crippen LogP contribution in [0.15, 0.2) is 18.3 Å². The van der Waals surface area contributed by atoms with Gasteiger partial charge in [0.1, 0.15) is 12.0 Å². The smallest absolute Gasteiger partial charge is 0.329 e. The molecule has 1 aromatic carbocycles. The van der Waals surface area contributed by atoms with Crippen LogP contribution in [0.3, 0.4) is 0 Å². The Morgan fingerprint density at radius 3 is 2.48 bits per heavy atom. The van der Waals surface area contributed by atoms with Gasteiger partial charge in [0.25, 0.3) is 0 Å². The van der Waals surface area contributed by atoms with Crippen molar-refractivity contribution < 1.29 is 18.1 Å². The van der Waals surface area contributed by atoms with Crippen LogP contribution in [0.25, 0.3) is 0 Å². The number of hydrogen-bond donors (Lipinski definition) is 3. The molecule has 8 nitrogen and oxygen atoms in total. The van der Waals surface area contributed by atoms with Crippen molar-refractivity contribution in [1.29, 1.82) is 0 Å². The lowest BCUT2D eigenvalue weighted by molar-refractivity contribution is -0.384. The molecule has 0 unspecified atom stereocenters. The minimum atomic E-state index is -1.39. The van der Waals surface area contributed by atoms with Gasteiger partial charge in [-0.1, -0.05) is 0 Å². The van der Waals surface area contributed by atoms with E-state index in [4.69, 9.17) is 5.84 Å². The van der Waals surface area contributed by atoms with Gasteiger partial charge in [-0.25, -0.2) is 24.0 Å². The number of halogens is 3. The van der Waals surface area contributed by atoms with Crippen molar-refractivity contribution in [3.8, 4) is 0 Å². The Kier molecular flexibility index (Phi) is 3.84. The summed E-state index contributed by atoms with van der Waals surface area (Å²) in [5.41, 5.74) is 0.914. The SMILES string of the molecule is NNc1ncc([N+](=O)[O-])c(Nc2cc(F)c(F)cc2F)n1. The summed E-state index contributed by atoms with van der Waals surface area (Å²) in [5.74, 6) is 0.565. The fraction of sp³-hybridized carbons (Fsp3) is 0. The van der Waals surface area contributed by atoms with E-state index < -0.39 is 39.6 Å². The van der Waals surface area contributed by atoms with Crippen molar-refractivity contribution in [3.05, 3.63) is 45.9 Å². The van der Waals surface area contributed by atoms with Gasteiger partial charge in [0.15, 0.2) is 11.6 Å². The second-order valence-electron chi connectivity index (χ2n) is 3.70. The number of anilines is 3. The zero-order valence-corrected chi connectivity index (χ0v) is 10.1. The van der Waals surface area contributed by atoms with Gasteiger partial charge >= 0.3 is 5.69 Å². The second-order valence-corrected chi connectivity index (χ2v) is 3.70. The maximum absolute atomic E-state index is 13.5. The highest BCUT2D eigenvalue weighted by Crippen LogP contribution is 2.28. The number of nitrogens with two attached hydrogens (primary N) is 1. The van der Waals surface area contributed by atoms with Gasteiger partial charge in [0, 0.05) is 12.1 Å². The largest absolute Gasteiger partial charge is 0.332 e. The molecule has 1 aromatic heterocycles. The summed E-state index contributed by atoms with van der Waals surface area (Å²) in [7, 11) is 0. The normalized spacial score (nSPS) is 10.3. The molecule has 4 N–H and O–H groups in total. The number of rotatable bonds is 4. The number of hydrogen-bond acceptors (Lipinski definition) is 7. The highest BCUT2D eigenvalue weighted by molar-refractivity contribution is 5.66. The molecule has 21 heavy (non-hydrogen) atoms. The van der Waals surface area contributed by atoms with E-state index in [1.807, 2.05) is 5.43 Å². The molecular formula is C10H7F3N6O2. The first-order valence-electron chi connectivity index (χ1n) is 5.32. The average molecular weight is 300 g/mol. The van der Waals surface area contributed by atoms with Crippen molar-refractivity contribution in [2.45, 2.75) is 0 Å². The van der Waals surface area contributed by atoms with Crippen molar-refractivity contribution in [2.24, 2.45) is 5.84 Å². The topological polar surface area (TPSA) is 119 Å². The van der Waals surface area contributed by atoms with Gasteiger partial charge in [0.05, 0.1) is 10.6 Å². The third-order valence-electron chi connectivity index (χ3n) is 2.36. The zero-order chi connectivity index (χ0) is 15.6. The van der Waals surface area contributed by atoms with Crippen LogP contribution in [0.1, 0.15) is 0 Å². The Labute approximate surface area is 114 Å². The zero-order valence-electron chi connectivity index (χ0n) is 10.1. The number of nitrogens with one attached hydrogen (secondary N) is 2. The molecule has 2 rings (SSSR count). The van der Waals surface area contributed by atoms with Gasteiger partial charge < -0.3 is 5.32 Å². The molecule has 2 aromatic rings. The predicted molar refractivity (Wildman–Crippen MR) is 66.1 cm³/mol. The van der Waals surface area contributed by atoms with E-state index in [1.54, 1.807) is 0 Å². The van der Waals surface area contributed by atoms with Crippen LogP contribution in [0.5, 0.6) is 0 Å². The van der Waals surface area contributed by atoms with E-state index >= 15 is 0 Å². The minimum Gasteiger partial charge on any atom is -0.332 e. The molecule has 0 amide bonds. The number of hydrazine groups is 1. The molecule has 0 radical (unpaired) electrons. The molecular weight excluding hydrogens is 293 g/mol. The fourth-order valence-corrected chi connectivity index (χ4v) is 1.42. The molecule has 0 saturated heterocycles. The lowest BCUT2D eigenvalue weighted by Crippen LogP contribution is -2.12. The average Bonchev–Trinajstić information content (AvgIpc) is 2.44. The lowest BCUT2D eigenvalue weighted by Gasteiger charge is -2.08. The third-order valence-corrected chi connectivity index (χ3v) is 2.36. The predicted octanol–water partition coefficient (Wildman–Crippen LogP) is 1.83. The summed E-state index contributed by atoms with van der Waals surface area (Å²) < 4.78 is 39.4. The first-order chi connectivity index (χ1) is 9.92. The number of nitro groups is 1. The molecule has 0 spiro atoms. The van der Waals surface area contributed by atoms with Gasteiger partial charge in [0.2, 0.25) is 11.8 Å². The van der Waals surface area contributed by atoms with Crippen molar-refractivity contribution in [1.82, 2.24) is 9.97 Å². The van der Waals surface area contributed by atoms with E-state index in [9.17, 15) is 23.3 Å². The van der Waals surface area contributed by atoms with Crippen molar-refractivity contribution in [2.75, 3.05) is 10.7 Å². The molecule has 110 valence electrons. The number of aromatic nitrogens is 2. The highest BCUT2D eigenvalue weighted by atomic mass is 19.2. The standard InChI is InChI=1S/C10H7F3N6O2/c11-4-1-6(13)7(2-5(4)12)16-9-8(19(20)21)3-15-10(17-9)18-14/h1-3H,14H2,(H2,15,16,17,18). The van der Waals surface area contributed by atoms with Crippen LogP contribution in [-0.2, 0) is 0 Å². The molecule has 0 aliphatic carbocycles. The Morgan fingerprint density at radius 1 is 1.19 bits per heavy atom. The summed E-state index contributed by atoms with van der Waals surface area (Å²) in [4.78, 5) is 17.1. The minimum absolute atomic E-state index is 0.189. The van der Waals surface area contributed by atoms with Crippen LogP contribution in [0.4, 0.5) is 36.3 Å². The molecule has 0 aliphatic heterocycles. The maximum atomic E-state index is 13.5. The number of nitrogens with zero attached hydrogens (tertiary/aromatic N) is 3. The van der Waals surface area contributed by atoms with Crippen molar-refractivity contribution in [3.63, 3.8) is 0 Å². The summed E-state index contributed by atoms with van der Waals surface area (Å²) in [6.07, 6.45) is 0.822. The highest BCUT2D eigenvalue weighted by Gasteiger charge is 2.19. The molecule has 1 heterocycles. The first-order valence-corrected chi connectivity index (χ1v) is 5.32. The van der Waals surface area contributed by atoms with E-state index in [1.165, 1.54) is 0 Å². The molecule has 11 heteroatoms. The third kappa shape index (κ3) is 2.97. The monoisotopic (exact) mass is 300 g/mol. The van der Waals surface area contributed by atoms with Gasteiger partial charge in [-0.05, 0) is 0 Å². The summed E-state index contributed by atoms with van der Waals surface area (Å²) in [6.45, 7) is 0. The number of nitrogen functional groups attached to an aromatic ring is 1. The molecule has 0 atom stereocenters. The second kappa shape index (κ2) is 5.58. The lowest BCUT2D eigenvalue weighted by atomic mass is 10.2. The van der Waals surface area contributed by atoms with Crippen LogP contribution in [-0.4, -0.2) is 14.9 Å². The molecule has 0 fully saturated rings. The van der Waals surface area contributed by atoms with E-state index in [2.05, 4.69) is 15.3 Å². The van der Waals surface area contributed by atoms with Gasteiger partial charge in [-0.3, -0.25) is 15.5 Å². The Hall–Kier alpha value is -2.95. The molecule has 0 aliphatic rings. The maximum Gasteiger partial charge on any atom is 0.329 e. The van der Waals surface area contributed by atoms with Gasteiger partial charge in [-0.15, -0.1) is 0 Å². The van der Waals surface area contributed by atoms with Gasteiger partial charge in [-0.2, -0.15) is 4.98 Å². The Balaban J connectivity index is 2.47. The Morgan fingerprint density at radius 2 is 1.86 bits per heavy atom. The molecule has 0 bridgehead atoms. The van der Waals surface area contributed by atoms with Crippen LogP contribution in [0.2, 0.25) is 0 Å². The van der Waals surface area contributed by atoms with Crippen LogP contribution >= 0.6 is 0 Å². The molecule has 0 saturated carbocycles. The first kappa shape index (κ1) is 14.5. The number of benzene rings is 1. The Bertz CT molecular complexity index is 711. The quantitative estimate of drug-likeness (QED) is 0.341. The fourth-order valence-electron chi connectivity index (χ4n) is 1.42. The van der Waals surface area contributed by atoms with Crippen LogP contribution < -0.4 is 16.6 Å². The van der Waals surface area contributed by atoms with E-state index in [-0.39, 0.29) is 5.95 Å². The summed E-state index contributed by atoms with van der Waals surface area (Å²) in [5, 5.41) is 13.0. The van der Waals surface area contributed by atoms with Crippen LogP contribution in [0, 0.1) is 27.6 Å². The summed E-state index contributed by atoms with van der Waals surface area (Å²) in [6, 6.07) is 0.804. The summed E-state index contributed by atoms with van der Waals surface area (Å²) >= 11 is 0.